The highest BCUT2D eigenvalue weighted by molar-refractivity contribution is 6.35. The number of hydrogen-bond donors (Lipinski definition) is 0. The van der Waals surface area contributed by atoms with Crippen molar-refractivity contribution in [3.05, 3.63) is 87.4 Å². The van der Waals surface area contributed by atoms with Crippen LogP contribution in [-0.2, 0) is 13.1 Å². The van der Waals surface area contributed by atoms with Gasteiger partial charge in [0.05, 0.1) is 13.1 Å². The van der Waals surface area contributed by atoms with Crippen LogP contribution >= 0.6 is 23.2 Å². The van der Waals surface area contributed by atoms with Crippen molar-refractivity contribution < 1.29 is 4.79 Å². The predicted molar refractivity (Wildman–Crippen MR) is 109 cm³/mol. The van der Waals surface area contributed by atoms with E-state index >= 15 is 0 Å². The molecule has 2 aromatic carbocycles. The number of carbonyl (C=O) groups is 1. The molecule has 1 aromatic heterocycles. The van der Waals surface area contributed by atoms with Crippen LogP contribution < -0.4 is 0 Å². The second-order valence-corrected chi connectivity index (χ2v) is 7.24. The number of halogens is 2. The van der Waals surface area contributed by atoms with Crippen molar-refractivity contribution in [1.29, 1.82) is 0 Å². The average Bonchev–Trinajstić information content (AvgIpc) is 3.09. The summed E-state index contributed by atoms with van der Waals surface area (Å²) in [7, 11) is 0. The third-order valence-electron chi connectivity index (χ3n) is 4.46. The quantitative estimate of drug-likeness (QED) is 0.568. The minimum Gasteiger partial charge on any atom is -0.331 e. The molecule has 0 saturated carbocycles. The van der Waals surface area contributed by atoms with Gasteiger partial charge in [-0.3, -0.25) is 4.79 Å². The Balaban J connectivity index is 1.77. The Morgan fingerprint density at radius 1 is 1.15 bits per heavy atom. The number of rotatable bonds is 6. The molecule has 1 amide bonds. The first-order valence-corrected chi connectivity index (χ1v) is 9.53. The predicted octanol–water partition coefficient (Wildman–Crippen LogP) is 5.21. The van der Waals surface area contributed by atoms with Gasteiger partial charge in [-0.2, -0.15) is 0 Å². The van der Waals surface area contributed by atoms with Crippen molar-refractivity contribution in [3.8, 4) is 0 Å². The zero-order chi connectivity index (χ0) is 19.4. The van der Waals surface area contributed by atoms with Crippen LogP contribution in [0.4, 0.5) is 0 Å². The monoisotopic (exact) mass is 401 g/mol. The van der Waals surface area contributed by atoms with Crippen molar-refractivity contribution >= 4 is 29.1 Å². The Bertz CT molecular complexity index is 935. The smallest absolute Gasteiger partial charge is 0.254 e. The minimum atomic E-state index is -0.00317. The lowest BCUT2D eigenvalue weighted by Crippen LogP contribution is -2.31. The van der Waals surface area contributed by atoms with Crippen molar-refractivity contribution in [3.63, 3.8) is 0 Å². The molecule has 6 heteroatoms. The zero-order valence-corrected chi connectivity index (χ0v) is 16.8. The second kappa shape index (κ2) is 8.59. The summed E-state index contributed by atoms with van der Waals surface area (Å²) in [6.45, 7) is 5.57. The van der Waals surface area contributed by atoms with Crippen LogP contribution in [0.5, 0.6) is 0 Å². The van der Waals surface area contributed by atoms with E-state index in [2.05, 4.69) is 4.98 Å². The van der Waals surface area contributed by atoms with Gasteiger partial charge in [0.2, 0.25) is 0 Å². The molecule has 27 heavy (non-hydrogen) atoms. The van der Waals surface area contributed by atoms with E-state index in [0.29, 0.717) is 35.2 Å². The molecular weight excluding hydrogens is 381 g/mol. The lowest BCUT2D eigenvalue weighted by molar-refractivity contribution is 0.0747. The van der Waals surface area contributed by atoms with Crippen LogP contribution in [0.2, 0.25) is 10.0 Å². The van der Waals surface area contributed by atoms with E-state index in [0.717, 1.165) is 17.0 Å². The van der Waals surface area contributed by atoms with Crippen molar-refractivity contribution in [2.45, 2.75) is 26.9 Å². The average molecular weight is 402 g/mol. The third-order valence-corrected chi connectivity index (χ3v) is 5.04. The summed E-state index contributed by atoms with van der Waals surface area (Å²) in [5.41, 5.74) is 2.76. The molecule has 3 rings (SSSR count). The number of benzene rings is 2. The SMILES string of the molecule is CCN(Cc1nccn1Cc1ccc(Cl)cc1Cl)C(=O)c1ccc(C)cc1. The fourth-order valence-corrected chi connectivity index (χ4v) is 3.31. The third kappa shape index (κ3) is 4.71. The van der Waals surface area contributed by atoms with Gasteiger partial charge in [-0.25, -0.2) is 4.98 Å². The van der Waals surface area contributed by atoms with Gasteiger partial charge < -0.3 is 9.47 Å². The summed E-state index contributed by atoms with van der Waals surface area (Å²) in [5, 5.41) is 1.22. The summed E-state index contributed by atoms with van der Waals surface area (Å²) in [5.74, 6) is 0.805. The summed E-state index contributed by atoms with van der Waals surface area (Å²) in [6, 6.07) is 13.1. The first-order chi connectivity index (χ1) is 13.0. The highest BCUT2D eigenvalue weighted by atomic mass is 35.5. The second-order valence-electron chi connectivity index (χ2n) is 6.39. The Kier molecular flexibility index (Phi) is 6.19. The van der Waals surface area contributed by atoms with E-state index in [4.69, 9.17) is 23.2 Å². The number of carbonyl (C=O) groups excluding carboxylic acids is 1. The molecule has 140 valence electrons. The number of amides is 1. The van der Waals surface area contributed by atoms with Gasteiger partial charge in [-0.1, -0.05) is 47.0 Å². The van der Waals surface area contributed by atoms with Gasteiger partial charge in [-0.15, -0.1) is 0 Å². The Morgan fingerprint density at radius 2 is 1.89 bits per heavy atom. The molecule has 4 nitrogen and oxygen atoms in total. The maximum absolute atomic E-state index is 12.8. The molecule has 0 spiro atoms. The molecular formula is C21H21Cl2N3O. The first kappa shape index (κ1) is 19.5. The molecule has 0 bridgehead atoms. The summed E-state index contributed by atoms with van der Waals surface area (Å²) < 4.78 is 2.00. The lowest BCUT2D eigenvalue weighted by Gasteiger charge is -2.21. The fourth-order valence-electron chi connectivity index (χ4n) is 2.85. The molecule has 1 heterocycles. The number of aryl methyl sites for hydroxylation is 1. The molecule has 0 N–H and O–H groups in total. The Morgan fingerprint density at radius 3 is 2.56 bits per heavy atom. The fraction of sp³-hybridized carbons (Fsp3) is 0.238. The van der Waals surface area contributed by atoms with Crippen molar-refractivity contribution in [2.75, 3.05) is 6.54 Å². The van der Waals surface area contributed by atoms with Crippen LogP contribution in [0.1, 0.15) is 34.2 Å². The van der Waals surface area contributed by atoms with E-state index in [1.807, 2.05) is 61.0 Å². The van der Waals surface area contributed by atoms with Gasteiger partial charge in [0.15, 0.2) is 0 Å². The molecule has 0 saturated heterocycles. The molecule has 0 atom stereocenters. The molecule has 0 radical (unpaired) electrons. The van der Waals surface area contributed by atoms with Crippen LogP contribution in [0, 0.1) is 6.92 Å². The zero-order valence-electron chi connectivity index (χ0n) is 15.3. The number of imidazole rings is 1. The molecule has 0 aliphatic rings. The van der Waals surface area contributed by atoms with Gasteiger partial charge in [-0.05, 0) is 43.7 Å². The normalized spacial score (nSPS) is 10.8. The van der Waals surface area contributed by atoms with E-state index in [9.17, 15) is 4.79 Å². The maximum Gasteiger partial charge on any atom is 0.254 e. The maximum atomic E-state index is 12.8. The molecule has 3 aromatic rings. The van der Waals surface area contributed by atoms with Gasteiger partial charge in [0, 0.05) is 34.5 Å². The van der Waals surface area contributed by atoms with Crippen LogP contribution in [0.15, 0.2) is 54.9 Å². The van der Waals surface area contributed by atoms with E-state index in [1.54, 1.807) is 17.2 Å². The standard InChI is InChI=1S/C21H21Cl2N3O/c1-3-25(21(27)16-6-4-15(2)5-7-16)14-20-24-10-11-26(20)13-17-8-9-18(22)12-19(17)23/h4-12H,3,13-14H2,1-2H3. The number of aromatic nitrogens is 2. The lowest BCUT2D eigenvalue weighted by atomic mass is 10.1. The molecule has 0 aliphatic heterocycles. The molecule has 0 aliphatic carbocycles. The topological polar surface area (TPSA) is 38.1 Å². The van der Waals surface area contributed by atoms with Crippen molar-refractivity contribution in [1.82, 2.24) is 14.5 Å². The summed E-state index contributed by atoms with van der Waals surface area (Å²) >= 11 is 12.3. The largest absolute Gasteiger partial charge is 0.331 e. The summed E-state index contributed by atoms with van der Waals surface area (Å²) in [6.07, 6.45) is 3.63. The minimum absolute atomic E-state index is 0.00317. The van der Waals surface area contributed by atoms with E-state index in [1.165, 1.54) is 0 Å². The highest BCUT2D eigenvalue weighted by Crippen LogP contribution is 2.22. The summed E-state index contributed by atoms with van der Waals surface area (Å²) in [4.78, 5) is 19.0. The van der Waals surface area contributed by atoms with Gasteiger partial charge in [0.25, 0.3) is 5.91 Å². The molecule has 0 fully saturated rings. The van der Waals surface area contributed by atoms with Crippen LogP contribution in [-0.4, -0.2) is 26.9 Å². The van der Waals surface area contributed by atoms with E-state index in [-0.39, 0.29) is 5.91 Å². The first-order valence-electron chi connectivity index (χ1n) is 8.77. The van der Waals surface area contributed by atoms with Gasteiger partial charge in [0.1, 0.15) is 5.82 Å². The Hall–Kier alpha value is -2.30. The number of nitrogens with zero attached hydrogens (tertiary/aromatic N) is 3. The van der Waals surface area contributed by atoms with Crippen LogP contribution in [0.25, 0.3) is 0 Å². The van der Waals surface area contributed by atoms with Gasteiger partial charge >= 0.3 is 0 Å². The highest BCUT2D eigenvalue weighted by Gasteiger charge is 2.17. The van der Waals surface area contributed by atoms with Crippen molar-refractivity contribution in [2.24, 2.45) is 0 Å². The Labute approximate surface area is 169 Å². The van der Waals surface area contributed by atoms with Crippen LogP contribution in [0.3, 0.4) is 0 Å². The number of hydrogen-bond acceptors (Lipinski definition) is 2. The van der Waals surface area contributed by atoms with E-state index < -0.39 is 0 Å². The molecule has 0 unspecified atom stereocenters.